The van der Waals surface area contributed by atoms with Gasteiger partial charge < -0.3 is 11.1 Å². The van der Waals surface area contributed by atoms with Crippen LogP contribution in [0.4, 0.5) is 15.9 Å². The number of nitrogens with zero attached hydrogens (tertiary/aromatic N) is 3. The van der Waals surface area contributed by atoms with Crippen LogP contribution >= 0.6 is 0 Å². The summed E-state index contributed by atoms with van der Waals surface area (Å²) in [6, 6.07) is 5.50. The molecule has 2 heterocycles. The van der Waals surface area contributed by atoms with Gasteiger partial charge in [0.25, 0.3) is 0 Å². The maximum Gasteiger partial charge on any atom is 0.145 e. The van der Waals surface area contributed by atoms with E-state index in [1.165, 1.54) is 6.20 Å². The van der Waals surface area contributed by atoms with Crippen LogP contribution in [0, 0.1) is 17.1 Å². The summed E-state index contributed by atoms with van der Waals surface area (Å²) in [6.45, 7) is 0.548. The first-order valence-corrected chi connectivity index (χ1v) is 7.15. The molecule has 1 aliphatic carbocycles. The summed E-state index contributed by atoms with van der Waals surface area (Å²) >= 11 is 0. The molecule has 1 aliphatic rings. The number of nitrogens with two attached hydrogens (primary N) is 1. The zero-order chi connectivity index (χ0) is 15.6. The molecular formula is C16H16FN5. The number of halogens is 1. The number of nitriles is 1. The minimum atomic E-state index is -0.279. The Labute approximate surface area is 128 Å². The topological polar surface area (TPSA) is 87.6 Å². The highest BCUT2D eigenvalue weighted by Crippen LogP contribution is 2.44. The van der Waals surface area contributed by atoms with Gasteiger partial charge in [-0.3, -0.25) is 4.98 Å². The Morgan fingerprint density at radius 3 is 2.82 bits per heavy atom. The molecule has 0 aliphatic heterocycles. The second-order valence-electron chi connectivity index (χ2n) is 5.57. The molecule has 0 amide bonds. The molecule has 1 saturated carbocycles. The van der Waals surface area contributed by atoms with Crippen molar-refractivity contribution in [2.75, 3.05) is 17.6 Å². The average molecular weight is 297 g/mol. The van der Waals surface area contributed by atoms with Gasteiger partial charge in [0.2, 0.25) is 0 Å². The summed E-state index contributed by atoms with van der Waals surface area (Å²) in [5.74, 6) is -0.0796. The molecule has 112 valence electrons. The molecule has 0 unspecified atom stereocenters. The summed E-state index contributed by atoms with van der Waals surface area (Å²) in [5.41, 5.74) is 7.10. The minimum absolute atomic E-state index is 0.199. The van der Waals surface area contributed by atoms with Gasteiger partial charge in [-0.1, -0.05) is 6.42 Å². The van der Waals surface area contributed by atoms with Crippen LogP contribution < -0.4 is 11.1 Å². The number of nitrogens with one attached hydrogen (secondary N) is 1. The summed E-state index contributed by atoms with van der Waals surface area (Å²) < 4.78 is 14.1. The van der Waals surface area contributed by atoms with Crippen LogP contribution in [-0.2, 0) is 5.41 Å². The van der Waals surface area contributed by atoms with E-state index >= 15 is 0 Å². The van der Waals surface area contributed by atoms with E-state index in [-0.39, 0.29) is 17.1 Å². The molecule has 5 nitrogen and oxygen atoms in total. The van der Waals surface area contributed by atoms with Crippen LogP contribution in [0.3, 0.4) is 0 Å². The van der Waals surface area contributed by atoms with Crippen molar-refractivity contribution in [3.05, 3.63) is 47.7 Å². The van der Waals surface area contributed by atoms with Crippen molar-refractivity contribution < 1.29 is 4.39 Å². The van der Waals surface area contributed by atoms with Crippen molar-refractivity contribution in [2.24, 2.45) is 0 Å². The first-order chi connectivity index (χ1) is 10.7. The molecule has 0 aromatic carbocycles. The van der Waals surface area contributed by atoms with Crippen LogP contribution in [-0.4, -0.2) is 16.5 Å². The summed E-state index contributed by atoms with van der Waals surface area (Å²) in [5, 5.41) is 12.4. The molecule has 0 spiro atoms. The van der Waals surface area contributed by atoms with Crippen LogP contribution in [0.1, 0.15) is 30.4 Å². The van der Waals surface area contributed by atoms with E-state index in [1.54, 1.807) is 24.5 Å². The molecule has 0 atom stereocenters. The third kappa shape index (κ3) is 2.35. The summed E-state index contributed by atoms with van der Waals surface area (Å²) in [6.07, 6.45) is 7.29. The highest BCUT2D eigenvalue weighted by atomic mass is 19.1. The van der Waals surface area contributed by atoms with Crippen LogP contribution in [0.25, 0.3) is 0 Å². The maximum atomic E-state index is 14.1. The molecule has 2 aromatic rings. The van der Waals surface area contributed by atoms with Crippen molar-refractivity contribution in [1.29, 1.82) is 5.26 Å². The van der Waals surface area contributed by atoms with E-state index in [9.17, 15) is 9.65 Å². The van der Waals surface area contributed by atoms with Gasteiger partial charge in [0, 0.05) is 24.4 Å². The van der Waals surface area contributed by atoms with Gasteiger partial charge >= 0.3 is 0 Å². The number of anilines is 2. The van der Waals surface area contributed by atoms with E-state index in [2.05, 4.69) is 21.4 Å². The molecule has 0 saturated heterocycles. The molecule has 1 fully saturated rings. The molecule has 3 rings (SSSR count). The van der Waals surface area contributed by atoms with Gasteiger partial charge in [0.05, 0.1) is 11.9 Å². The zero-order valence-electron chi connectivity index (χ0n) is 12.0. The Morgan fingerprint density at radius 2 is 2.18 bits per heavy atom. The molecular weight excluding hydrogens is 281 g/mol. The van der Waals surface area contributed by atoms with E-state index < -0.39 is 0 Å². The Bertz CT molecular complexity index is 734. The predicted molar refractivity (Wildman–Crippen MR) is 81.6 cm³/mol. The highest BCUT2D eigenvalue weighted by molar-refractivity contribution is 5.66. The summed E-state index contributed by atoms with van der Waals surface area (Å²) in [4.78, 5) is 7.72. The smallest absolute Gasteiger partial charge is 0.145 e. The van der Waals surface area contributed by atoms with Crippen LogP contribution in [0.15, 0.2) is 30.7 Å². The monoisotopic (exact) mass is 297 g/mol. The maximum absolute atomic E-state index is 14.1. The van der Waals surface area contributed by atoms with Crippen LogP contribution in [0.2, 0.25) is 0 Å². The van der Waals surface area contributed by atoms with E-state index in [4.69, 9.17) is 5.73 Å². The number of aromatic nitrogens is 2. The third-order valence-electron chi connectivity index (χ3n) is 4.36. The van der Waals surface area contributed by atoms with Gasteiger partial charge in [-0.05, 0) is 30.5 Å². The first-order valence-electron chi connectivity index (χ1n) is 7.15. The number of hydrogen-bond donors (Lipinski definition) is 2. The van der Waals surface area contributed by atoms with E-state index in [1.807, 2.05) is 0 Å². The summed E-state index contributed by atoms with van der Waals surface area (Å²) in [7, 11) is 0. The molecule has 22 heavy (non-hydrogen) atoms. The third-order valence-corrected chi connectivity index (χ3v) is 4.36. The van der Waals surface area contributed by atoms with Gasteiger partial charge in [-0.15, -0.1) is 0 Å². The van der Waals surface area contributed by atoms with Gasteiger partial charge in [0.15, 0.2) is 0 Å². The minimum Gasteiger partial charge on any atom is -0.383 e. The predicted octanol–water partition coefficient (Wildman–Crippen LogP) is 2.60. The normalized spacial score (nSPS) is 15.6. The lowest BCUT2D eigenvalue weighted by Crippen LogP contribution is -2.41. The second kappa shape index (κ2) is 5.60. The zero-order valence-corrected chi connectivity index (χ0v) is 12.0. The lowest BCUT2D eigenvalue weighted by Gasteiger charge is -2.42. The standard InChI is InChI=1S/C16H16FN5/c17-13-9-20-6-2-12(13)16(4-1-5-16)10-22-14-3-7-21-15(19)11(14)8-18/h2-3,6-7,9H,1,4-5,10H2,(H3,19,21,22). The number of rotatable bonds is 4. The SMILES string of the molecule is N#Cc1c(NCC2(c3ccncc3F)CCC2)ccnc1N. The fraction of sp³-hybridized carbons (Fsp3) is 0.312. The molecule has 3 N–H and O–H groups in total. The van der Waals surface area contributed by atoms with Crippen LogP contribution in [0.5, 0.6) is 0 Å². The van der Waals surface area contributed by atoms with E-state index in [0.717, 1.165) is 19.3 Å². The average Bonchev–Trinajstić information content (AvgIpc) is 2.48. The van der Waals surface area contributed by atoms with Crippen molar-refractivity contribution in [3.8, 4) is 6.07 Å². The quantitative estimate of drug-likeness (QED) is 0.905. The number of pyridine rings is 2. The number of nitrogen functional groups attached to an aromatic ring is 1. The van der Waals surface area contributed by atoms with Gasteiger partial charge in [0.1, 0.15) is 23.3 Å². The Balaban J connectivity index is 1.85. The second-order valence-corrected chi connectivity index (χ2v) is 5.57. The molecule has 0 radical (unpaired) electrons. The number of hydrogen-bond acceptors (Lipinski definition) is 5. The van der Waals surface area contributed by atoms with E-state index in [0.29, 0.717) is 23.4 Å². The fourth-order valence-electron chi connectivity index (χ4n) is 2.96. The Kier molecular flexibility index (Phi) is 3.63. The molecule has 0 bridgehead atoms. The first kappa shape index (κ1) is 14.3. The molecule has 6 heteroatoms. The van der Waals surface area contributed by atoms with Crippen molar-refractivity contribution >= 4 is 11.5 Å². The lowest BCUT2D eigenvalue weighted by atomic mass is 9.64. The lowest BCUT2D eigenvalue weighted by molar-refractivity contribution is 0.251. The van der Waals surface area contributed by atoms with Gasteiger partial charge in [-0.25, -0.2) is 9.37 Å². The Morgan fingerprint density at radius 1 is 1.36 bits per heavy atom. The fourth-order valence-corrected chi connectivity index (χ4v) is 2.96. The van der Waals surface area contributed by atoms with Crippen molar-refractivity contribution in [2.45, 2.75) is 24.7 Å². The van der Waals surface area contributed by atoms with Gasteiger partial charge in [-0.2, -0.15) is 5.26 Å². The van der Waals surface area contributed by atoms with Crippen molar-refractivity contribution in [3.63, 3.8) is 0 Å². The highest BCUT2D eigenvalue weighted by Gasteiger charge is 2.40. The largest absolute Gasteiger partial charge is 0.383 e. The Hall–Kier alpha value is -2.68. The molecule has 2 aromatic heterocycles. The van der Waals surface area contributed by atoms with Crippen molar-refractivity contribution in [1.82, 2.24) is 9.97 Å².